The van der Waals surface area contributed by atoms with Crippen LogP contribution in [-0.4, -0.2) is 35.1 Å². The lowest BCUT2D eigenvalue weighted by Crippen LogP contribution is -2.43. The van der Waals surface area contributed by atoms with Crippen molar-refractivity contribution in [3.05, 3.63) is 92.9 Å². The molecule has 0 unspecified atom stereocenters. The quantitative estimate of drug-likeness (QED) is 0.230. The van der Waals surface area contributed by atoms with E-state index in [1.807, 2.05) is 0 Å². The molecule has 2 aliphatic heterocycles. The first-order valence-electron chi connectivity index (χ1n) is 14.4. The molecule has 1 saturated carbocycles. The second kappa shape index (κ2) is 11.1. The summed E-state index contributed by atoms with van der Waals surface area (Å²) in [4.78, 5) is 58.2. The molecule has 2 heterocycles. The van der Waals surface area contributed by atoms with E-state index < -0.39 is 71.1 Å². The number of rotatable bonds is 4. The molecule has 13 heteroatoms. The molecule has 3 aromatic carbocycles. The van der Waals surface area contributed by atoms with Gasteiger partial charge in [0.25, 0.3) is 0 Å². The van der Waals surface area contributed by atoms with E-state index in [-0.39, 0.29) is 24.3 Å². The second-order valence-electron chi connectivity index (χ2n) is 11.8. The van der Waals surface area contributed by atoms with E-state index in [4.69, 9.17) is 0 Å². The predicted molar refractivity (Wildman–Crippen MR) is 166 cm³/mol. The summed E-state index contributed by atoms with van der Waals surface area (Å²) in [6.07, 6.45) is -3.06. The number of ether oxygens (including phenoxy) is 1. The number of phenols is 1. The average molecular weight is 760 g/mol. The molecule has 1 N–H and O–H groups in total. The van der Waals surface area contributed by atoms with Crippen molar-refractivity contribution in [2.75, 3.05) is 9.80 Å². The van der Waals surface area contributed by atoms with Crippen molar-refractivity contribution in [1.82, 2.24) is 0 Å². The van der Waals surface area contributed by atoms with E-state index in [9.17, 15) is 37.5 Å². The van der Waals surface area contributed by atoms with Crippen LogP contribution in [0.3, 0.4) is 0 Å². The maximum atomic E-state index is 14.2. The smallest absolute Gasteiger partial charge is 0.508 e. The topological polar surface area (TPSA) is 104 Å². The molecule has 6 atom stereocenters. The number of alkyl halides is 3. The summed E-state index contributed by atoms with van der Waals surface area (Å²) in [7, 11) is 0. The molecule has 3 fully saturated rings. The Morgan fingerprint density at radius 3 is 1.83 bits per heavy atom. The zero-order chi connectivity index (χ0) is 32.7. The lowest BCUT2D eigenvalue weighted by Gasteiger charge is -2.44. The molecule has 236 valence electrons. The molecule has 8 nitrogen and oxygen atoms in total. The van der Waals surface area contributed by atoms with Crippen molar-refractivity contribution < 1.29 is 42.2 Å². The number of hydrogen-bond donors (Lipinski definition) is 1. The van der Waals surface area contributed by atoms with Crippen LogP contribution in [0, 0.1) is 29.6 Å². The fourth-order valence-electron chi connectivity index (χ4n) is 7.60. The first-order chi connectivity index (χ1) is 21.8. The maximum absolute atomic E-state index is 14.2. The molecular formula is C33H23Br2F3N2O6. The van der Waals surface area contributed by atoms with E-state index in [2.05, 4.69) is 36.6 Å². The van der Waals surface area contributed by atoms with E-state index in [1.165, 1.54) is 0 Å². The number of hydrogen-bond acceptors (Lipinski definition) is 6. The number of allylic oxidation sites excluding steroid dienone is 2. The van der Waals surface area contributed by atoms with Gasteiger partial charge in [-0.15, -0.1) is 13.2 Å². The minimum absolute atomic E-state index is 0.0357. The molecule has 0 aromatic heterocycles. The van der Waals surface area contributed by atoms with Crippen molar-refractivity contribution in [2.45, 2.75) is 25.1 Å². The minimum Gasteiger partial charge on any atom is -0.508 e. The third-order valence-corrected chi connectivity index (χ3v) is 10.4. The van der Waals surface area contributed by atoms with Crippen molar-refractivity contribution in [3.63, 3.8) is 0 Å². The zero-order valence-electron chi connectivity index (χ0n) is 23.6. The van der Waals surface area contributed by atoms with Gasteiger partial charge in [-0.25, -0.2) is 0 Å². The normalized spacial score (nSPS) is 27.4. The number of halogens is 5. The van der Waals surface area contributed by atoms with E-state index in [1.54, 1.807) is 54.6 Å². The van der Waals surface area contributed by atoms with E-state index in [0.29, 0.717) is 16.9 Å². The highest BCUT2D eigenvalue weighted by Gasteiger charge is 2.62. The minimum atomic E-state index is -5.02. The number of carbonyl (C=O) groups is 4. The SMILES string of the molecule is O=C1[C@H]2[C@H](CC=C3[C@H]2C[C@H]2C(=O)N(c4ccc(Br)cc4)C(=O)[C@H]2[C@H]3c2cc(OC(F)(F)F)ccc2O)C(=O)N1c1ccc(Br)cc1. The van der Waals surface area contributed by atoms with Gasteiger partial charge in [0.05, 0.1) is 35.0 Å². The van der Waals surface area contributed by atoms with Gasteiger partial charge >= 0.3 is 6.36 Å². The Bertz CT molecular complexity index is 1830. The number of aromatic hydroxyl groups is 1. The highest BCUT2D eigenvalue weighted by Crippen LogP contribution is 2.59. The second-order valence-corrected chi connectivity index (χ2v) is 13.6. The van der Waals surface area contributed by atoms with Crippen LogP contribution >= 0.6 is 31.9 Å². The standard InChI is InChI=1S/C33H23Br2F3N2O6/c34-15-1-5-17(6-2-15)39-29(42)21-11-10-20-22(27(21)31(39)44)14-24-28(32(45)40(30(24)43)18-7-3-16(35)4-8-18)26(20)23-13-19(9-12-25(23)41)46-33(36,37)38/h1-10,12-13,21-22,24,26-28,41H,11,14H2/t21-,22+,24+,26+,27-,28+/m0/s1. The molecule has 0 spiro atoms. The number of benzene rings is 3. The van der Waals surface area contributed by atoms with Crippen LogP contribution in [0.5, 0.6) is 11.5 Å². The molecule has 0 radical (unpaired) electrons. The zero-order valence-corrected chi connectivity index (χ0v) is 26.8. The molecule has 46 heavy (non-hydrogen) atoms. The van der Waals surface area contributed by atoms with Crippen LogP contribution in [0.4, 0.5) is 24.5 Å². The average Bonchev–Trinajstić information content (AvgIpc) is 3.41. The van der Waals surface area contributed by atoms with Crippen LogP contribution in [-0.2, 0) is 19.2 Å². The van der Waals surface area contributed by atoms with Crippen molar-refractivity contribution >= 4 is 66.9 Å². The van der Waals surface area contributed by atoms with Gasteiger partial charge in [0.15, 0.2) is 0 Å². The summed E-state index contributed by atoms with van der Waals surface area (Å²) in [6, 6.07) is 16.3. The third-order valence-electron chi connectivity index (χ3n) is 9.39. The molecule has 0 bridgehead atoms. The number of phenolic OH excluding ortho intramolecular Hbond substituents is 1. The van der Waals surface area contributed by atoms with Gasteiger partial charge in [-0.2, -0.15) is 0 Å². The molecule has 2 aliphatic carbocycles. The number of carbonyl (C=O) groups excluding carboxylic acids is 4. The van der Waals surface area contributed by atoms with Crippen molar-refractivity contribution in [3.8, 4) is 11.5 Å². The lowest BCUT2D eigenvalue weighted by molar-refractivity contribution is -0.274. The molecular weight excluding hydrogens is 737 g/mol. The Balaban J connectivity index is 1.35. The van der Waals surface area contributed by atoms with Gasteiger partial charge in [-0.3, -0.25) is 29.0 Å². The molecule has 4 aliphatic rings. The number of imide groups is 2. The number of amides is 4. The fraction of sp³-hybridized carbons (Fsp3) is 0.273. The van der Waals surface area contributed by atoms with Crippen molar-refractivity contribution in [1.29, 1.82) is 0 Å². The van der Waals surface area contributed by atoms with Crippen LogP contribution < -0.4 is 14.5 Å². The van der Waals surface area contributed by atoms with Gasteiger partial charge < -0.3 is 9.84 Å². The Labute approximate surface area is 277 Å². The predicted octanol–water partition coefficient (Wildman–Crippen LogP) is 6.86. The van der Waals surface area contributed by atoms with Gasteiger partial charge in [0.1, 0.15) is 11.5 Å². The molecule has 4 amide bonds. The van der Waals surface area contributed by atoms with Gasteiger partial charge in [-0.05, 0) is 85.5 Å². The fourth-order valence-corrected chi connectivity index (χ4v) is 8.13. The van der Waals surface area contributed by atoms with Crippen LogP contribution in [0.15, 0.2) is 87.3 Å². The third kappa shape index (κ3) is 4.95. The maximum Gasteiger partial charge on any atom is 0.573 e. The Hall–Kier alpha value is -3.97. The van der Waals surface area contributed by atoms with E-state index >= 15 is 0 Å². The van der Waals surface area contributed by atoms with Gasteiger partial charge in [-0.1, -0.05) is 43.5 Å². The van der Waals surface area contributed by atoms with Gasteiger partial charge in [0.2, 0.25) is 23.6 Å². The van der Waals surface area contributed by atoms with Crippen LogP contribution in [0.1, 0.15) is 24.3 Å². The number of fused-ring (bicyclic) bond motifs is 4. The Kier molecular flexibility index (Phi) is 7.39. The summed E-state index contributed by atoms with van der Waals surface area (Å²) in [5.41, 5.74) is 1.20. The van der Waals surface area contributed by atoms with Crippen molar-refractivity contribution in [2.24, 2.45) is 29.6 Å². The van der Waals surface area contributed by atoms with E-state index in [0.717, 1.165) is 36.9 Å². The summed E-state index contributed by atoms with van der Waals surface area (Å²) in [5.74, 6) is -8.37. The summed E-state index contributed by atoms with van der Waals surface area (Å²) >= 11 is 6.70. The highest BCUT2D eigenvalue weighted by molar-refractivity contribution is 9.10. The Morgan fingerprint density at radius 2 is 1.26 bits per heavy atom. The largest absolute Gasteiger partial charge is 0.573 e. The molecule has 3 aromatic rings. The Morgan fingerprint density at radius 1 is 0.717 bits per heavy atom. The summed E-state index contributed by atoms with van der Waals surface area (Å²) in [6.45, 7) is 0. The molecule has 2 saturated heterocycles. The first-order valence-corrected chi connectivity index (χ1v) is 16.0. The summed E-state index contributed by atoms with van der Waals surface area (Å²) in [5, 5.41) is 11.0. The summed E-state index contributed by atoms with van der Waals surface area (Å²) < 4.78 is 45.3. The monoisotopic (exact) mass is 758 g/mol. The highest BCUT2D eigenvalue weighted by atomic mass is 79.9. The first kappa shape index (κ1) is 30.7. The lowest BCUT2D eigenvalue weighted by atomic mass is 9.57. The number of anilines is 2. The van der Waals surface area contributed by atoms with Crippen LogP contribution in [0.25, 0.3) is 0 Å². The number of nitrogens with zero attached hydrogens (tertiary/aromatic N) is 2. The van der Waals surface area contributed by atoms with Gasteiger partial charge in [0, 0.05) is 20.4 Å². The van der Waals surface area contributed by atoms with Crippen LogP contribution in [0.2, 0.25) is 0 Å². The molecule has 7 rings (SSSR count).